The molecule has 0 aliphatic carbocycles. The number of carbonyl (C=O) groups is 3. The Kier molecular flexibility index (Phi) is 46.0. The zero-order valence-electron chi connectivity index (χ0n) is 39.4. The monoisotopic (exact) mass is 847 g/mol. The van der Waals surface area contributed by atoms with Crippen LogP contribution in [0.5, 0.6) is 0 Å². The average molecular weight is 847 g/mol. The molecule has 346 valence electrons. The van der Waals surface area contributed by atoms with E-state index >= 15 is 0 Å². The van der Waals surface area contributed by atoms with E-state index in [1.807, 2.05) is 6.08 Å². The summed E-state index contributed by atoms with van der Waals surface area (Å²) in [5.74, 6) is -1.01. The van der Waals surface area contributed by atoms with Crippen molar-refractivity contribution in [2.75, 3.05) is 13.2 Å². The third-order valence-electron chi connectivity index (χ3n) is 10.1. The third-order valence-corrected chi connectivity index (χ3v) is 10.1. The molecule has 6 heteroatoms. The van der Waals surface area contributed by atoms with E-state index < -0.39 is 6.10 Å². The van der Waals surface area contributed by atoms with Crippen molar-refractivity contribution < 1.29 is 28.6 Å². The molecule has 0 heterocycles. The van der Waals surface area contributed by atoms with Crippen LogP contribution in [-0.4, -0.2) is 37.2 Å². The minimum atomic E-state index is -0.816. The molecule has 1 unspecified atom stereocenters. The van der Waals surface area contributed by atoms with Crippen LogP contribution >= 0.6 is 0 Å². The Hall–Kier alpha value is -3.67. The number of rotatable bonds is 43. The highest BCUT2D eigenvalue weighted by atomic mass is 16.6. The second-order valence-electron chi connectivity index (χ2n) is 16.0. The zero-order chi connectivity index (χ0) is 44.4. The van der Waals surface area contributed by atoms with Crippen molar-refractivity contribution in [1.29, 1.82) is 0 Å². The second-order valence-corrected chi connectivity index (χ2v) is 16.0. The predicted octanol–water partition coefficient (Wildman–Crippen LogP) is 16.2. The van der Waals surface area contributed by atoms with Crippen molar-refractivity contribution in [2.24, 2.45) is 0 Å². The molecule has 6 nitrogen and oxygen atoms in total. The van der Waals surface area contributed by atoms with E-state index in [0.717, 1.165) is 103 Å². The lowest BCUT2D eigenvalue weighted by Crippen LogP contribution is -2.30. The number of carbonyl (C=O) groups excluding carboxylic acids is 3. The number of allylic oxidation sites excluding steroid dienone is 16. The summed E-state index contributed by atoms with van der Waals surface area (Å²) in [5, 5.41) is 0. The van der Waals surface area contributed by atoms with Crippen LogP contribution in [0.1, 0.15) is 213 Å². The molecule has 0 aromatic carbocycles. The Balaban J connectivity index is 4.53. The fourth-order valence-electron chi connectivity index (χ4n) is 6.37. The molecule has 0 aliphatic heterocycles. The molecule has 61 heavy (non-hydrogen) atoms. The summed E-state index contributed by atoms with van der Waals surface area (Å²) < 4.78 is 16.7. The summed E-state index contributed by atoms with van der Waals surface area (Å²) in [5.41, 5.74) is 0. The van der Waals surface area contributed by atoms with Crippen molar-refractivity contribution in [3.05, 3.63) is 97.2 Å². The molecule has 0 saturated carbocycles. The first-order valence-electron chi connectivity index (χ1n) is 24.8. The fourth-order valence-corrected chi connectivity index (χ4v) is 6.37. The Bertz CT molecular complexity index is 1250. The number of hydrogen-bond acceptors (Lipinski definition) is 6. The smallest absolute Gasteiger partial charge is 0.306 e. The summed E-state index contributed by atoms with van der Waals surface area (Å²) in [7, 11) is 0. The van der Waals surface area contributed by atoms with Crippen LogP contribution in [0.25, 0.3) is 0 Å². The van der Waals surface area contributed by atoms with Crippen LogP contribution in [0, 0.1) is 0 Å². The van der Waals surface area contributed by atoms with Crippen molar-refractivity contribution in [3.63, 3.8) is 0 Å². The van der Waals surface area contributed by atoms with E-state index in [-0.39, 0.29) is 44.0 Å². The first-order valence-corrected chi connectivity index (χ1v) is 24.8. The highest BCUT2D eigenvalue weighted by Crippen LogP contribution is 2.12. The Morgan fingerprint density at radius 2 is 0.721 bits per heavy atom. The van der Waals surface area contributed by atoms with Crippen LogP contribution in [0.4, 0.5) is 0 Å². The van der Waals surface area contributed by atoms with Crippen molar-refractivity contribution in [3.8, 4) is 0 Å². The van der Waals surface area contributed by atoms with Gasteiger partial charge < -0.3 is 14.2 Å². The maximum absolute atomic E-state index is 12.8. The Morgan fingerprint density at radius 3 is 1.26 bits per heavy atom. The minimum Gasteiger partial charge on any atom is -0.462 e. The molecule has 1 atom stereocenters. The van der Waals surface area contributed by atoms with Crippen LogP contribution in [0.2, 0.25) is 0 Å². The van der Waals surface area contributed by atoms with Gasteiger partial charge >= 0.3 is 17.9 Å². The van der Waals surface area contributed by atoms with Crippen LogP contribution in [0.3, 0.4) is 0 Å². The van der Waals surface area contributed by atoms with E-state index in [1.54, 1.807) is 0 Å². The molecule has 0 radical (unpaired) electrons. The Morgan fingerprint density at radius 1 is 0.361 bits per heavy atom. The van der Waals surface area contributed by atoms with Gasteiger partial charge in [-0.2, -0.15) is 0 Å². The van der Waals surface area contributed by atoms with Gasteiger partial charge in [0.15, 0.2) is 6.10 Å². The molecule has 0 fully saturated rings. The molecule has 0 spiro atoms. The van der Waals surface area contributed by atoms with Gasteiger partial charge in [-0.15, -0.1) is 0 Å². The zero-order valence-corrected chi connectivity index (χ0v) is 39.4. The van der Waals surface area contributed by atoms with Gasteiger partial charge in [0, 0.05) is 19.3 Å². The summed E-state index contributed by atoms with van der Waals surface area (Å²) in [6.45, 7) is 6.37. The van der Waals surface area contributed by atoms with Crippen LogP contribution in [-0.2, 0) is 28.6 Å². The molecule has 0 rings (SSSR count). The van der Waals surface area contributed by atoms with E-state index in [9.17, 15) is 14.4 Å². The van der Waals surface area contributed by atoms with Crippen molar-refractivity contribution in [2.45, 2.75) is 219 Å². The second kappa shape index (κ2) is 49.0. The van der Waals surface area contributed by atoms with Gasteiger partial charge in [-0.05, 0) is 103 Å². The molecule has 0 aliphatic rings. The summed E-state index contributed by atoms with van der Waals surface area (Å²) >= 11 is 0. The lowest BCUT2D eigenvalue weighted by molar-refractivity contribution is -0.167. The summed E-state index contributed by atoms with van der Waals surface area (Å²) in [6, 6.07) is 0. The maximum Gasteiger partial charge on any atom is 0.306 e. The molecule has 0 bridgehead atoms. The molecule has 0 saturated heterocycles. The van der Waals surface area contributed by atoms with Gasteiger partial charge in [0.05, 0.1) is 0 Å². The molecular formula is C55H90O6. The van der Waals surface area contributed by atoms with Gasteiger partial charge in [0.2, 0.25) is 0 Å². The summed E-state index contributed by atoms with van der Waals surface area (Å²) in [4.78, 5) is 37.9. The molecule has 0 N–H and O–H groups in total. The normalized spacial score (nSPS) is 12.9. The first-order chi connectivity index (χ1) is 30.0. The van der Waals surface area contributed by atoms with Crippen LogP contribution in [0.15, 0.2) is 97.2 Å². The molecule has 0 aromatic heterocycles. The fraction of sp³-hybridized carbons (Fsp3) is 0.655. The number of esters is 3. The quantitative estimate of drug-likeness (QED) is 0.0200. The van der Waals surface area contributed by atoms with Crippen molar-refractivity contribution >= 4 is 17.9 Å². The molecular weight excluding hydrogens is 757 g/mol. The lowest BCUT2D eigenvalue weighted by Gasteiger charge is -2.18. The Labute approximate surface area is 375 Å². The van der Waals surface area contributed by atoms with E-state index in [4.69, 9.17) is 14.2 Å². The van der Waals surface area contributed by atoms with Gasteiger partial charge in [-0.1, -0.05) is 189 Å². The molecule has 0 amide bonds. The van der Waals surface area contributed by atoms with Gasteiger partial charge in [0.1, 0.15) is 13.2 Å². The predicted molar refractivity (Wildman–Crippen MR) is 260 cm³/mol. The standard InChI is InChI=1S/C55H90O6/c1-4-7-10-13-16-19-22-25-26-27-28-31-33-36-39-42-45-48-54(57)60-51-52(61-55(58)49-46-43-40-37-34-30-24-21-18-15-12-9-6-3)50-59-53(56)47-44-41-38-35-32-29-23-20-17-14-11-8-5-2/h9,12,15-16,18-19,21,24-26,28-29,31-32,36,39,52H,4-8,10-11,13-14,17,20,22-23,27,30,33-35,37-38,40-51H2,1-3H3/b12-9+,18-15+,19-16+,24-21+,26-25+,31-28+,32-29+,39-36+. The van der Waals surface area contributed by atoms with E-state index in [1.165, 1.54) is 64.2 Å². The van der Waals surface area contributed by atoms with Gasteiger partial charge in [0.25, 0.3) is 0 Å². The SMILES string of the molecule is CC/C=C/C=C/C=C/CCCCCCCC(=O)OC(COC(=O)CCC/C=C/C/C=C/C/C=C/C/C=C/CCCCC)COC(=O)CCCCC/C=C/CCCCCCCC. The number of unbranched alkanes of at least 4 members (excludes halogenated alkanes) is 18. The highest BCUT2D eigenvalue weighted by Gasteiger charge is 2.19. The topological polar surface area (TPSA) is 78.9 Å². The van der Waals surface area contributed by atoms with Gasteiger partial charge in [-0.3, -0.25) is 14.4 Å². The van der Waals surface area contributed by atoms with E-state index in [2.05, 4.69) is 112 Å². The third kappa shape index (κ3) is 47.2. The number of ether oxygens (including phenoxy) is 3. The summed E-state index contributed by atoms with van der Waals surface area (Å²) in [6.07, 6.45) is 63.9. The number of hydrogen-bond donors (Lipinski definition) is 0. The molecule has 0 aromatic rings. The van der Waals surface area contributed by atoms with Crippen molar-refractivity contribution in [1.82, 2.24) is 0 Å². The lowest BCUT2D eigenvalue weighted by atomic mass is 10.1. The first kappa shape index (κ1) is 57.3. The highest BCUT2D eigenvalue weighted by molar-refractivity contribution is 5.71. The van der Waals surface area contributed by atoms with E-state index in [0.29, 0.717) is 12.8 Å². The minimum absolute atomic E-state index is 0.112. The van der Waals surface area contributed by atoms with Gasteiger partial charge in [-0.25, -0.2) is 0 Å². The average Bonchev–Trinajstić information content (AvgIpc) is 3.26. The maximum atomic E-state index is 12.8. The van der Waals surface area contributed by atoms with Crippen LogP contribution < -0.4 is 0 Å². The largest absolute Gasteiger partial charge is 0.462 e.